The molecular formula is C27H17Cl2F6N3O3. The van der Waals surface area contributed by atoms with Gasteiger partial charge in [0, 0.05) is 27.6 Å². The van der Waals surface area contributed by atoms with Gasteiger partial charge in [0.1, 0.15) is 0 Å². The molecule has 0 saturated heterocycles. The molecule has 214 valence electrons. The van der Waals surface area contributed by atoms with Crippen LogP contribution >= 0.6 is 23.2 Å². The van der Waals surface area contributed by atoms with Gasteiger partial charge in [-0.25, -0.2) is 0 Å². The summed E-state index contributed by atoms with van der Waals surface area (Å²) in [5.41, 5.74) is 1.15. The van der Waals surface area contributed by atoms with Gasteiger partial charge in [0.05, 0.1) is 22.5 Å². The quantitative estimate of drug-likeness (QED) is 0.279. The molecule has 0 spiro atoms. The van der Waals surface area contributed by atoms with E-state index in [1.807, 2.05) is 0 Å². The Kier molecular flexibility index (Phi) is 8.10. The third kappa shape index (κ3) is 6.49. The standard InChI is InChI=1S/C27H17Cl2F6N3O3/c28-18-10-17(11-19(29)12-18)25(27(33,34)35)13-20(38-41-25)7-1-14-2-8-21(23(36)39)22(9-14)37-24(40)15-3-5-16(6-4-15)26(30,31)32/h1-12H,13H2,(H2,36,39)(H,37,40)/b7-1+. The second-order valence-electron chi connectivity index (χ2n) is 8.87. The smallest absolute Gasteiger partial charge is 0.374 e. The molecule has 1 unspecified atom stereocenters. The van der Waals surface area contributed by atoms with Gasteiger partial charge in [0.15, 0.2) is 0 Å². The molecule has 1 atom stereocenters. The fourth-order valence-corrected chi connectivity index (χ4v) is 4.51. The number of carbonyl (C=O) groups excluding carboxylic acids is 2. The van der Waals surface area contributed by atoms with Gasteiger partial charge < -0.3 is 15.9 Å². The lowest BCUT2D eigenvalue weighted by Gasteiger charge is -2.29. The molecule has 1 aliphatic rings. The third-order valence-corrected chi connectivity index (χ3v) is 6.47. The molecule has 0 radical (unpaired) electrons. The predicted octanol–water partition coefficient (Wildman–Crippen LogP) is 7.61. The van der Waals surface area contributed by atoms with Gasteiger partial charge in [-0.1, -0.05) is 40.5 Å². The first-order valence-electron chi connectivity index (χ1n) is 11.5. The lowest BCUT2D eigenvalue weighted by atomic mass is 9.88. The SMILES string of the molecule is NC(=O)c1ccc(/C=C/C2=NOC(c3cc(Cl)cc(Cl)c3)(C(F)(F)F)C2)cc1NC(=O)c1ccc(C(F)(F)F)cc1. The van der Waals surface area contributed by atoms with Crippen LogP contribution < -0.4 is 11.1 Å². The maximum absolute atomic E-state index is 14.2. The Balaban J connectivity index is 1.57. The number of carbonyl (C=O) groups is 2. The highest BCUT2D eigenvalue weighted by molar-refractivity contribution is 6.34. The zero-order chi connectivity index (χ0) is 30.2. The lowest BCUT2D eigenvalue weighted by molar-refractivity contribution is -0.275. The molecule has 3 aromatic rings. The number of nitrogens with two attached hydrogens (primary N) is 1. The number of halogens is 8. The molecule has 0 bridgehead atoms. The summed E-state index contributed by atoms with van der Waals surface area (Å²) in [7, 11) is 0. The molecule has 3 aromatic carbocycles. The molecule has 0 aliphatic carbocycles. The van der Waals surface area contributed by atoms with Crippen molar-refractivity contribution in [2.45, 2.75) is 24.4 Å². The van der Waals surface area contributed by atoms with E-state index in [1.54, 1.807) is 0 Å². The molecule has 6 nitrogen and oxygen atoms in total. The zero-order valence-corrected chi connectivity index (χ0v) is 21.9. The van der Waals surface area contributed by atoms with Crippen molar-refractivity contribution in [3.63, 3.8) is 0 Å². The first-order valence-corrected chi connectivity index (χ1v) is 12.2. The number of allylic oxidation sites excluding steroid dienone is 1. The minimum absolute atomic E-state index is 0.0240. The molecule has 1 heterocycles. The van der Waals surface area contributed by atoms with E-state index >= 15 is 0 Å². The van der Waals surface area contributed by atoms with Crippen LogP contribution in [0.3, 0.4) is 0 Å². The van der Waals surface area contributed by atoms with E-state index in [0.29, 0.717) is 5.56 Å². The number of hydrogen-bond acceptors (Lipinski definition) is 4. The molecule has 2 amide bonds. The minimum atomic E-state index is -4.89. The molecule has 14 heteroatoms. The number of primary amides is 1. The summed E-state index contributed by atoms with van der Waals surface area (Å²) < 4.78 is 81.0. The number of amides is 2. The van der Waals surface area contributed by atoms with Crippen LogP contribution in [0, 0.1) is 0 Å². The van der Waals surface area contributed by atoms with Crippen molar-refractivity contribution in [3.05, 3.63) is 105 Å². The summed E-state index contributed by atoms with van der Waals surface area (Å²) in [5, 5.41) is 5.96. The Hall–Kier alpha value is -4.03. The predicted molar refractivity (Wildman–Crippen MR) is 141 cm³/mol. The second kappa shape index (κ2) is 11.1. The molecule has 0 fully saturated rings. The number of rotatable bonds is 6. The van der Waals surface area contributed by atoms with Crippen LogP contribution in [-0.2, 0) is 16.6 Å². The largest absolute Gasteiger partial charge is 0.435 e. The average molecular weight is 616 g/mol. The van der Waals surface area contributed by atoms with Gasteiger partial charge >= 0.3 is 12.4 Å². The highest BCUT2D eigenvalue weighted by atomic mass is 35.5. The van der Waals surface area contributed by atoms with E-state index in [4.69, 9.17) is 33.8 Å². The van der Waals surface area contributed by atoms with Crippen molar-refractivity contribution in [3.8, 4) is 0 Å². The number of hydrogen-bond donors (Lipinski definition) is 2. The van der Waals surface area contributed by atoms with Gasteiger partial charge in [0.2, 0.25) is 0 Å². The molecule has 0 aromatic heterocycles. The molecule has 3 N–H and O–H groups in total. The number of alkyl halides is 6. The normalized spacial score (nSPS) is 17.3. The average Bonchev–Trinajstić information content (AvgIpc) is 3.32. The van der Waals surface area contributed by atoms with Crippen molar-refractivity contribution >= 4 is 52.5 Å². The summed E-state index contributed by atoms with van der Waals surface area (Å²) in [5.74, 6) is -1.74. The Morgan fingerprint density at radius 3 is 2.12 bits per heavy atom. The van der Waals surface area contributed by atoms with Crippen molar-refractivity contribution in [2.75, 3.05) is 5.32 Å². The summed E-state index contributed by atoms with van der Waals surface area (Å²) in [4.78, 5) is 29.5. The highest BCUT2D eigenvalue weighted by Crippen LogP contribution is 2.49. The van der Waals surface area contributed by atoms with Crippen molar-refractivity contribution in [2.24, 2.45) is 10.9 Å². The topological polar surface area (TPSA) is 93.8 Å². The molecule has 41 heavy (non-hydrogen) atoms. The molecule has 4 rings (SSSR count). The first-order chi connectivity index (χ1) is 19.1. The van der Waals surface area contributed by atoms with E-state index in [0.717, 1.165) is 36.4 Å². The maximum Gasteiger partial charge on any atom is 0.435 e. The maximum atomic E-state index is 14.2. The van der Waals surface area contributed by atoms with Crippen molar-refractivity contribution < 1.29 is 40.8 Å². The fourth-order valence-electron chi connectivity index (χ4n) is 3.98. The van der Waals surface area contributed by atoms with Gasteiger partial charge in [-0.3, -0.25) is 9.59 Å². The summed E-state index contributed by atoms with van der Waals surface area (Å²) in [6.07, 6.45) is -7.58. The van der Waals surface area contributed by atoms with Crippen LogP contribution in [0.2, 0.25) is 10.0 Å². The zero-order valence-electron chi connectivity index (χ0n) is 20.4. The molecule has 0 saturated carbocycles. The van der Waals surface area contributed by atoms with Crippen LogP contribution in [0.4, 0.5) is 32.0 Å². The van der Waals surface area contributed by atoms with Crippen LogP contribution in [-0.4, -0.2) is 23.7 Å². The third-order valence-electron chi connectivity index (χ3n) is 6.04. The number of anilines is 1. The van der Waals surface area contributed by atoms with Gasteiger partial charge in [-0.05, 0) is 66.2 Å². The molecular weight excluding hydrogens is 599 g/mol. The summed E-state index contributed by atoms with van der Waals surface area (Å²) >= 11 is 11.8. The second-order valence-corrected chi connectivity index (χ2v) is 9.74. The van der Waals surface area contributed by atoms with E-state index < -0.39 is 41.8 Å². The van der Waals surface area contributed by atoms with Crippen molar-refractivity contribution in [1.29, 1.82) is 0 Å². The van der Waals surface area contributed by atoms with Crippen LogP contribution in [0.5, 0.6) is 0 Å². The number of nitrogens with one attached hydrogen (secondary N) is 1. The van der Waals surface area contributed by atoms with E-state index in [2.05, 4.69) is 10.5 Å². The Morgan fingerprint density at radius 1 is 0.927 bits per heavy atom. The highest BCUT2D eigenvalue weighted by Gasteiger charge is 2.62. The first kappa shape index (κ1) is 29.9. The summed E-state index contributed by atoms with van der Waals surface area (Å²) in [6.45, 7) is 0. The number of nitrogens with zero attached hydrogens (tertiary/aromatic N) is 1. The Labute approximate surface area is 238 Å². The van der Waals surface area contributed by atoms with Crippen molar-refractivity contribution in [1.82, 2.24) is 0 Å². The summed E-state index contributed by atoms with van der Waals surface area (Å²) in [6, 6.07) is 10.8. The van der Waals surface area contributed by atoms with E-state index in [1.165, 1.54) is 36.4 Å². The van der Waals surface area contributed by atoms with Crippen LogP contribution in [0.15, 0.2) is 71.9 Å². The molecule has 1 aliphatic heterocycles. The van der Waals surface area contributed by atoms with E-state index in [9.17, 15) is 35.9 Å². The lowest BCUT2D eigenvalue weighted by Crippen LogP contribution is -2.42. The van der Waals surface area contributed by atoms with Gasteiger partial charge in [-0.15, -0.1) is 0 Å². The van der Waals surface area contributed by atoms with Crippen LogP contribution in [0.1, 0.15) is 43.8 Å². The Bertz CT molecular complexity index is 1550. The van der Waals surface area contributed by atoms with Gasteiger partial charge in [-0.2, -0.15) is 26.3 Å². The minimum Gasteiger partial charge on any atom is -0.374 e. The number of benzene rings is 3. The fraction of sp³-hybridized carbons (Fsp3) is 0.148. The van der Waals surface area contributed by atoms with E-state index in [-0.39, 0.29) is 38.1 Å². The monoisotopic (exact) mass is 615 g/mol. The van der Waals surface area contributed by atoms with Gasteiger partial charge in [0.25, 0.3) is 17.4 Å². The van der Waals surface area contributed by atoms with Crippen LogP contribution in [0.25, 0.3) is 6.08 Å². The Morgan fingerprint density at radius 2 is 1.56 bits per heavy atom. The number of oxime groups is 1.